The van der Waals surface area contributed by atoms with Crippen molar-refractivity contribution in [3.63, 3.8) is 0 Å². The Morgan fingerprint density at radius 3 is 2.58 bits per heavy atom. The molecule has 1 aliphatic carbocycles. The Morgan fingerprint density at radius 2 is 1.83 bits per heavy atom. The summed E-state index contributed by atoms with van der Waals surface area (Å²) in [7, 11) is 0. The second kappa shape index (κ2) is 6.95. The average molecular weight is 328 g/mol. The summed E-state index contributed by atoms with van der Waals surface area (Å²) in [6, 6.07) is 9.51. The molecule has 2 fully saturated rings. The van der Waals surface area contributed by atoms with Crippen LogP contribution in [0.25, 0.3) is 0 Å². The van der Waals surface area contributed by atoms with Crippen molar-refractivity contribution in [2.24, 2.45) is 0 Å². The molecule has 3 heteroatoms. The summed E-state index contributed by atoms with van der Waals surface area (Å²) < 4.78 is 0. The first-order valence-electron chi connectivity index (χ1n) is 10.2. The van der Waals surface area contributed by atoms with Gasteiger partial charge in [0.05, 0.1) is 18.0 Å². The molecule has 1 N–H and O–H groups in total. The number of nitrogens with zero attached hydrogens (tertiary/aromatic N) is 2. The summed E-state index contributed by atoms with van der Waals surface area (Å²) in [6.07, 6.45) is 12.6. The Hall–Kier alpha value is -1.22. The molecule has 2 heterocycles. The van der Waals surface area contributed by atoms with Crippen molar-refractivity contribution < 1.29 is 0 Å². The molecule has 0 unspecified atom stereocenters. The zero-order chi connectivity index (χ0) is 16.4. The van der Waals surface area contributed by atoms with Gasteiger partial charge in [0.1, 0.15) is 0 Å². The molecule has 2 aliphatic heterocycles. The number of hydrogen-bond donors (Lipinski definition) is 1. The monoisotopic (exact) mass is 327 g/mol. The summed E-state index contributed by atoms with van der Waals surface area (Å²) in [4.78, 5) is 5.50. The Kier molecular flexibility index (Phi) is 4.71. The molecule has 3 aliphatic rings. The van der Waals surface area contributed by atoms with Crippen LogP contribution in [0, 0.1) is 0 Å². The van der Waals surface area contributed by atoms with Crippen molar-refractivity contribution >= 4 is 11.4 Å². The molecule has 0 atom stereocenters. The van der Waals surface area contributed by atoms with Crippen molar-refractivity contribution in [1.82, 2.24) is 4.90 Å². The van der Waals surface area contributed by atoms with E-state index in [1.807, 2.05) is 0 Å². The van der Waals surface area contributed by atoms with E-state index in [4.69, 9.17) is 0 Å². The standard InChI is InChI=1S/C21H33N3/c1-2-12-21(13-6-3-7-14-21)23-15-10-18(11-16-23)24-17-22-19-8-4-5-9-20(19)24/h4-5,8-9,18,22H,2-3,6-7,10-17H2,1H3. The topological polar surface area (TPSA) is 18.5 Å². The normalized spacial score (nSPS) is 24.6. The Bertz CT molecular complexity index is 536. The Labute approximate surface area is 147 Å². The molecule has 0 spiro atoms. The van der Waals surface area contributed by atoms with Crippen molar-refractivity contribution in [3.8, 4) is 0 Å². The van der Waals surface area contributed by atoms with E-state index >= 15 is 0 Å². The van der Waals surface area contributed by atoms with Gasteiger partial charge in [-0.3, -0.25) is 4.90 Å². The number of nitrogens with one attached hydrogen (secondary N) is 1. The van der Waals surface area contributed by atoms with Crippen LogP contribution in [0.3, 0.4) is 0 Å². The Balaban J connectivity index is 1.42. The van der Waals surface area contributed by atoms with Gasteiger partial charge >= 0.3 is 0 Å². The van der Waals surface area contributed by atoms with Gasteiger partial charge in [0.15, 0.2) is 0 Å². The highest BCUT2D eigenvalue weighted by atomic mass is 15.3. The third-order valence-corrected chi connectivity index (χ3v) is 6.73. The van der Waals surface area contributed by atoms with Crippen LogP contribution in [0.15, 0.2) is 24.3 Å². The van der Waals surface area contributed by atoms with Crippen LogP contribution in [-0.4, -0.2) is 36.2 Å². The number of anilines is 2. The number of likely N-dealkylation sites (tertiary alicyclic amines) is 1. The largest absolute Gasteiger partial charge is 0.366 e. The summed E-state index contributed by atoms with van der Waals surface area (Å²) in [5.74, 6) is 0. The molecule has 0 amide bonds. The van der Waals surface area contributed by atoms with E-state index in [-0.39, 0.29) is 0 Å². The lowest BCUT2D eigenvalue weighted by Gasteiger charge is -2.50. The molecule has 1 aromatic carbocycles. The zero-order valence-corrected chi connectivity index (χ0v) is 15.3. The SMILES string of the molecule is CCCC1(N2CCC(N3CNc4ccccc43)CC2)CCCCC1. The second-order valence-electron chi connectivity index (χ2n) is 8.08. The highest BCUT2D eigenvalue weighted by Crippen LogP contribution is 2.40. The van der Waals surface area contributed by atoms with Crippen LogP contribution in [0.1, 0.15) is 64.7 Å². The first-order valence-corrected chi connectivity index (χ1v) is 10.2. The summed E-state index contributed by atoms with van der Waals surface area (Å²) in [5.41, 5.74) is 3.27. The number of rotatable bonds is 4. The maximum atomic E-state index is 3.56. The quantitative estimate of drug-likeness (QED) is 0.853. The highest BCUT2D eigenvalue weighted by molar-refractivity contribution is 5.74. The number of hydrogen-bond acceptors (Lipinski definition) is 3. The smallest absolute Gasteiger partial charge is 0.0880 e. The first-order chi connectivity index (χ1) is 11.8. The summed E-state index contributed by atoms with van der Waals surface area (Å²) in [5, 5.41) is 3.56. The summed E-state index contributed by atoms with van der Waals surface area (Å²) in [6.45, 7) is 5.95. The van der Waals surface area contributed by atoms with Gasteiger partial charge in [-0.2, -0.15) is 0 Å². The van der Waals surface area contributed by atoms with E-state index in [1.54, 1.807) is 0 Å². The maximum absolute atomic E-state index is 3.56. The molecule has 0 aromatic heterocycles. The van der Waals surface area contributed by atoms with E-state index in [0.717, 1.165) is 6.67 Å². The molecule has 0 radical (unpaired) electrons. The van der Waals surface area contributed by atoms with E-state index in [2.05, 4.69) is 46.3 Å². The molecule has 132 valence electrons. The van der Waals surface area contributed by atoms with E-state index in [9.17, 15) is 0 Å². The van der Waals surface area contributed by atoms with Crippen LogP contribution in [-0.2, 0) is 0 Å². The minimum atomic E-state index is 0.541. The molecule has 1 aromatic rings. The van der Waals surface area contributed by atoms with E-state index < -0.39 is 0 Å². The highest BCUT2D eigenvalue weighted by Gasteiger charge is 2.39. The number of para-hydroxylation sites is 2. The molecular weight excluding hydrogens is 294 g/mol. The zero-order valence-electron chi connectivity index (χ0n) is 15.3. The van der Waals surface area contributed by atoms with E-state index in [1.165, 1.54) is 82.3 Å². The van der Waals surface area contributed by atoms with Crippen LogP contribution >= 0.6 is 0 Å². The second-order valence-corrected chi connectivity index (χ2v) is 8.08. The third kappa shape index (κ3) is 2.92. The first kappa shape index (κ1) is 16.3. The van der Waals surface area contributed by atoms with Gasteiger partial charge in [-0.15, -0.1) is 0 Å². The van der Waals surface area contributed by atoms with Crippen molar-refractivity contribution in [3.05, 3.63) is 24.3 Å². The molecule has 1 saturated heterocycles. The average Bonchev–Trinajstić information content (AvgIpc) is 3.07. The molecule has 0 bridgehead atoms. The third-order valence-electron chi connectivity index (χ3n) is 6.73. The predicted molar refractivity (Wildman–Crippen MR) is 103 cm³/mol. The Morgan fingerprint density at radius 1 is 1.08 bits per heavy atom. The molecule has 3 nitrogen and oxygen atoms in total. The van der Waals surface area contributed by atoms with Crippen LogP contribution in [0.4, 0.5) is 11.4 Å². The minimum Gasteiger partial charge on any atom is -0.366 e. The van der Waals surface area contributed by atoms with Gasteiger partial charge in [0.25, 0.3) is 0 Å². The lowest BCUT2D eigenvalue weighted by atomic mass is 9.76. The predicted octanol–water partition coefficient (Wildman–Crippen LogP) is 4.84. The van der Waals surface area contributed by atoms with Gasteiger partial charge in [-0.25, -0.2) is 0 Å². The molecular formula is C21H33N3. The van der Waals surface area contributed by atoms with Gasteiger partial charge < -0.3 is 10.2 Å². The lowest BCUT2D eigenvalue weighted by Crippen LogP contribution is -2.55. The molecule has 24 heavy (non-hydrogen) atoms. The number of fused-ring (bicyclic) bond motifs is 1. The molecule has 1 saturated carbocycles. The van der Waals surface area contributed by atoms with Crippen LogP contribution < -0.4 is 10.2 Å². The van der Waals surface area contributed by atoms with Crippen molar-refractivity contribution in [2.45, 2.75) is 76.3 Å². The van der Waals surface area contributed by atoms with Gasteiger partial charge in [-0.05, 0) is 44.2 Å². The molecule has 4 rings (SSSR count). The van der Waals surface area contributed by atoms with Crippen LogP contribution in [0.2, 0.25) is 0 Å². The van der Waals surface area contributed by atoms with Gasteiger partial charge in [-0.1, -0.05) is 44.7 Å². The maximum Gasteiger partial charge on any atom is 0.0880 e. The van der Waals surface area contributed by atoms with Crippen LogP contribution in [0.5, 0.6) is 0 Å². The van der Waals surface area contributed by atoms with Crippen molar-refractivity contribution in [1.29, 1.82) is 0 Å². The van der Waals surface area contributed by atoms with E-state index in [0.29, 0.717) is 11.6 Å². The van der Waals surface area contributed by atoms with Crippen molar-refractivity contribution in [2.75, 3.05) is 30.0 Å². The fourth-order valence-corrected chi connectivity index (χ4v) is 5.51. The fraction of sp³-hybridized carbons (Fsp3) is 0.714. The number of piperidine rings is 1. The minimum absolute atomic E-state index is 0.541. The number of benzene rings is 1. The van der Waals surface area contributed by atoms with Gasteiger partial charge in [0, 0.05) is 24.7 Å². The lowest BCUT2D eigenvalue weighted by molar-refractivity contribution is 0.0215. The summed E-state index contributed by atoms with van der Waals surface area (Å²) >= 11 is 0. The van der Waals surface area contributed by atoms with Gasteiger partial charge in [0.2, 0.25) is 0 Å². The fourth-order valence-electron chi connectivity index (χ4n) is 5.51.